The second kappa shape index (κ2) is 8.45. The summed E-state index contributed by atoms with van der Waals surface area (Å²) in [6.07, 6.45) is 4.02. The van der Waals surface area contributed by atoms with Gasteiger partial charge in [0.05, 0.1) is 18.8 Å². The zero-order valence-corrected chi connectivity index (χ0v) is 16.7. The van der Waals surface area contributed by atoms with Gasteiger partial charge in [0.1, 0.15) is 24.5 Å². The van der Waals surface area contributed by atoms with Crippen molar-refractivity contribution in [3.63, 3.8) is 0 Å². The van der Waals surface area contributed by atoms with Crippen molar-refractivity contribution < 1.29 is 9.53 Å². The third kappa shape index (κ3) is 4.46. The Balaban J connectivity index is 1.26. The highest BCUT2D eigenvalue weighted by molar-refractivity contribution is 5.78. The third-order valence-corrected chi connectivity index (χ3v) is 5.35. The summed E-state index contributed by atoms with van der Waals surface area (Å²) in [6.45, 7) is 2.93. The molecule has 1 aromatic heterocycles. The number of nitrogens with zero attached hydrogens (tertiary/aromatic N) is 4. The fourth-order valence-corrected chi connectivity index (χ4v) is 3.52. The molecule has 7 heteroatoms. The van der Waals surface area contributed by atoms with Crippen LogP contribution in [0.1, 0.15) is 24.1 Å². The van der Waals surface area contributed by atoms with Crippen LogP contribution in [0.2, 0.25) is 0 Å². The second-order valence-electron chi connectivity index (χ2n) is 7.38. The maximum atomic E-state index is 12.4. The highest BCUT2D eigenvalue weighted by Crippen LogP contribution is 2.27. The van der Waals surface area contributed by atoms with E-state index in [9.17, 15) is 4.79 Å². The standard InChI is InChI=1S/C22H25N5O2/c1-16(17-7-9-19(10-8-17)27-15-23-14-25-27)26(2)13-22(28)24-12-20-11-18-5-3-4-6-21(18)29-20/h3-10,14-16,20H,11-13H2,1-2H3,(H,24,28). The Morgan fingerprint density at radius 1 is 1.28 bits per heavy atom. The zero-order valence-electron chi connectivity index (χ0n) is 16.7. The topological polar surface area (TPSA) is 72.3 Å². The molecule has 7 nitrogen and oxygen atoms in total. The van der Waals surface area contributed by atoms with Crippen LogP contribution < -0.4 is 10.1 Å². The Labute approximate surface area is 170 Å². The minimum atomic E-state index is -0.00172. The number of ether oxygens (including phenoxy) is 1. The molecular weight excluding hydrogens is 366 g/mol. The maximum absolute atomic E-state index is 12.4. The lowest BCUT2D eigenvalue weighted by Crippen LogP contribution is -2.40. The molecule has 0 saturated heterocycles. The quantitative estimate of drug-likeness (QED) is 0.670. The number of amides is 1. The van der Waals surface area contributed by atoms with Crippen LogP contribution in [-0.2, 0) is 11.2 Å². The predicted octanol–water partition coefficient (Wildman–Crippen LogP) is 2.38. The first-order valence-electron chi connectivity index (χ1n) is 9.76. The Hall–Kier alpha value is -3.19. The van der Waals surface area contributed by atoms with E-state index in [0.717, 1.165) is 23.4 Å². The first-order valence-corrected chi connectivity index (χ1v) is 9.76. The molecule has 0 fully saturated rings. The van der Waals surface area contributed by atoms with Gasteiger partial charge in [-0.1, -0.05) is 30.3 Å². The number of rotatable bonds is 7. The van der Waals surface area contributed by atoms with E-state index in [2.05, 4.69) is 40.5 Å². The van der Waals surface area contributed by atoms with Gasteiger partial charge >= 0.3 is 0 Å². The maximum Gasteiger partial charge on any atom is 0.234 e. The van der Waals surface area contributed by atoms with E-state index in [4.69, 9.17) is 4.74 Å². The molecule has 0 aliphatic carbocycles. The summed E-state index contributed by atoms with van der Waals surface area (Å²) in [5.74, 6) is 0.921. The van der Waals surface area contributed by atoms with Crippen LogP contribution in [0.4, 0.5) is 0 Å². The molecule has 2 unspecified atom stereocenters. The van der Waals surface area contributed by atoms with Gasteiger partial charge in [-0.15, -0.1) is 0 Å². The zero-order chi connectivity index (χ0) is 20.2. The van der Waals surface area contributed by atoms with Crippen molar-refractivity contribution >= 4 is 5.91 Å². The molecule has 1 aliphatic rings. The van der Waals surface area contributed by atoms with E-state index in [1.165, 1.54) is 11.9 Å². The summed E-state index contributed by atoms with van der Waals surface area (Å²) < 4.78 is 7.60. The van der Waals surface area contributed by atoms with Gasteiger partial charge < -0.3 is 10.1 Å². The fraction of sp³-hybridized carbons (Fsp3) is 0.318. The summed E-state index contributed by atoms with van der Waals surface area (Å²) in [5.41, 5.74) is 3.29. The average molecular weight is 391 g/mol. The number of hydrogen-bond donors (Lipinski definition) is 1. The van der Waals surface area contributed by atoms with E-state index in [1.807, 2.05) is 42.3 Å². The molecule has 4 rings (SSSR count). The van der Waals surface area contributed by atoms with Crippen molar-refractivity contribution in [1.29, 1.82) is 0 Å². The Morgan fingerprint density at radius 3 is 2.79 bits per heavy atom. The number of nitrogens with one attached hydrogen (secondary N) is 1. The van der Waals surface area contributed by atoms with Crippen molar-refractivity contribution in [2.24, 2.45) is 0 Å². The Bertz CT molecular complexity index is 931. The molecule has 2 atom stereocenters. The minimum Gasteiger partial charge on any atom is -0.488 e. The highest BCUT2D eigenvalue weighted by Gasteiger charge is 2.23. The smallest absolute Gasteiger partial charge is 0.234 e. The van der Waals surface area contributed by atoms with Crippen LogP contribution in [0.15, 0.2) is 61.2 Å². The Kier molecular flexibility index (Phi) is 5.57. The summed E-state index contributed by atoms with van der Waals surface area (Å²) in [6, 6.07) is 16.2. The lowest BCUT2D eigenvalue weighted by Gasteiger charge is -2.25. The summed E-state index contributed by atoms with van der Waals surface area (Å²) in [7, 11) is 1.96. The number of fused-ring (bicyclic) bond motifs is 1. The molecule has 3 aromatic rings. The average Bonchev–Trinajstić information content (AvgIpc) is 3.41. The fourth-order valence-electron chi connectivity index (χ4n) is 3.52. The van der Waals surface area contributed by atoms with Crippen molar-refractivity contribution in [1.82, 2.24) is 25.0 Å². The number of carbonyl (C=O) groups is 1. The molecule has 0 spiro atoms. The van der Waals surface area contributed by atoms with Crippen LogP contribution in [0.5, 0.6) is 5.75 Å². The van der Waals surface area contributed by atoms with E-state index in [1.54, 1.807) is 11.0 Å². The van der Waals surface area contributed by atoms with Gasteiger partial charge in [-0.05, 0) is 43.3 Å². The van der Waals surface area contributed by atoms with Gasteiger partial charge in [-0.3, -0.25) is 9.69 Å². The second-order valence-corrected chi connectivity index (χ2v) is 7.38. The van der Waals surface area contributed by atoms with E-state index >= 15 is 0 Å². The molecule has 2 aromatic carbocycles. The summed E-state index contributed by atoms with van der Waals surface area (Å²) in [4.78, 5) is 18.4. The van der Waals surface area contributed by atoms with E-state index in [0.29, 0.717) is 13.1 Å². The number of likely N-dealkylation sites (N-methyl/N-ethyl adjacent to an activating group) is 1. The van der Waals surface area contributed by atoms with Gasteiger partial charge in [0.2, 0.25) is 5.91 Å². The highest BCUT2D eigenvalue weighted by atomic mass is 16.5. The van der Waals surface area contributed by atoms with Crippen molar-refractivity contribution in [2.45, 2.75) is 25.5 Å². The number of carbonyl (C=O) groups excluding carboxylic acids is 1. The van der Waals surface area contributed by atoms with Gasteiger partial charge in [0, 0.05) is 12.5 Å². The predicted molar refractivity (Wildman–Crippen MR) is 110 cm³/mol. The monoisotopic (exact) mass is 391 g/mol. The first-order chi connectivity index (χ1) is 14.1. The molecule has 29 heavy (non-hydrogen) atoms. The normalized spacial score (nSPS) is 16.3. The Morgan fingerprint density at radius 2 is 2.07 bits per heavy atom. The molecule has 150 valence electrons. The van der Waals surface area contributed by atoms with Gasteiger partial charge in [-0.2, -0.15) is 5.10 Å². The van der Waals surface area contributed by atoms with Crippen LogP contribution in [-0.4, -0.2) is 51.8 Å². The molecule has 1 amide bonds. The molecule has 0 saturated carbocycles. The number of para-hydroxylation sites is 1. The van der Waals surface area contributed by atoms with Gasteiger partial charge in [-0.25, -0.2) is 9.67 Å². The molecule has 0 radical (unpaired) electrons. The number of hydrogen-bond acceptors (Lipinski definition) is 5. The van der Waals surface area contributed by atoms with Crippen molar-refractivity contribution in [3.05, 3.63) is 72.3 Å². The van der Waals surface area contributed by atoms with Crippen molar-refractivity contribution in [3.8, 4) is 11.4 Å². The van der Waals surface area contributed by atoms with Gasteiger partial charge in [0.15, 0.2) is 0 Å². The SMILES string of the molecule is CC(c1ccc(-n2cncn2)cc1)N(C)CC(=O)NCC1Cc2ccccc2O1. The number of aromatic nitrogens is 3. The number of benzene rings is 2. The minimum absolute atomic E-state index is 0.00172. The molecular formula is C22H25N5O2. The van der Waals surface area contributed by atoms with E-state index < -0.39 is 0 Å². The summed E-state index contributed by atoms with van der Waals surface area (Å²) in [5, 5.41) is 7.13. The van der Waals surface area contributed by atoms with Crippen LogP contribution in [0, 0.1) is 0 Å². The van der Waals surface area contributed by atoms with Gasteiger partial charge in [0.25, 0.3) is 0 Å². The van der Waals surface area contributed by atoms with Crippen molar-refractivity contribution in [2.75, 3.05) is 20.1 Å². The molecule has 0 bridgehead atoms. The lowest BCUT2D eigenvalue weighted by molar-refractivity contribution is -0.122. The molecule has 1 aliphatic heterocycles. The van der Waals surface area contributed by atoms with E-state index in [-0.39, 0.29) is 18.1 Å². The molecule has 2 heterocycles. The van der Waals surface area contributed by atoms with Crippen LogP contribution in [0.25, 0.3) is 5.69 Å². The third-order valence-electron chi connectivity index (χ3n) is 5.35. The van der Waals surface area contributed by atoms with Crippen LogP contribution in [0.3, 0.4) is 0 Å². The lowest BCUT2D eigenvalue weighted by atomic mass is 10.1. The van der Waals surface area contributed by atoms with Crippen LogP contribution >= 0.6 is 0 Å². The molecule has 1 N–H and O–H groups in total. The largest absolute Gasteiger partial charge is 0.488 e. The summed E-state index contributed by atoms with van der Waals surface area (Å²) >= 11 is 0. The first kappa shape index (κ1) is 19.1.